The summed E-state index contributed by atoms with van der Waals surface area (Å²) in [5, 5.41) is 7.80. The van der Waals surface area contributed by atoms with Crippen molar-refractivity contribution < 1.29 is 13.2 Å². The van der Waals surface area contributed by atoms with Crippen LogP contribution in [0.4, 0.5) is 0 Å². The molecule has 1 atom stereocenters. The van der Waals surface area contributed by atoms with E-state index in [0.29, 0.717) is 4.47 Å². The maximum atomic E-state index is 11.9. The van der Waals surface area contributed by atoms with E-state index in [1.807, 2.05) is 13.8 Å². The Kier molecular flexibility index (Phi) is 4.89. The molecule has 0 radical (unpaired) electrons. The smallest absolute Gasteiger partial charge is 0.251 e. The lowest BCUT2D eigenvalue weighted by atomic mass is 10.2. The molecule has 0 aliphatic carbocycles. The van der Waals surface area contributed by atoms with Crippen LogP contribution in [-0.4, -0.2) is 20.4 Å². The number of sulfonamides is 1. The zero-order valence-corrected chi connectivity index (χ0v) is 12.5. The second kappa shape index (κ2) is 5.81. The number of primary sulfonamides is 1. The summed E-state index contributed by atoms with van der Waals surface area (Å²) >= 11 is 3.16. The van der Waals surface area contributed by atoms with Gasteiger partial charge < -0.3 is 5.32 Å². The van der Waals surface area contributed by atoms with Crippen LogP contribution in [0.3, 0.4) is 0 Å². The molecule has 0 saturated heterocycles. The molecule has 0 heterocycles. The Morgan fingerprint density at radius 1 is 1.44 bits per heavy atom. The van der Waals surface area contributed by atoms with Gasteiger partial charge in [-0.25, -0.2) is 13.6 Å². The van der Waals surface area contributed by atoms with Crippen LogP contribution in [0.15, 0.2) is 27.6 Å². The van der Waals surface area contributed by atoms with Crippen molar-refractivity contribution in [3.8, 4) is 0 Å². The lowest BCUT2D eigenvalue weighted by molar-refractivity contribution is 0.0939. The zero-order chi connectivity index (χ0) is 13.9. The van der Waals surface area contributed by atoms with Crippen molar-refractivity contribution in [2.45, 2.75) is 31.2 Å². The standard InChI is InChI=1S/C11H15BrN2O3S/c1-3-7(2)14-11(15)8-4-9(12)6-10(5-8)18(13,16)17/h4-7H,3H2,1-2H3,(H,14,15)(H2,13,16,17). The Hall–Kier alpha value is -0.920. The van der Waals surface area contributed by atoms with Crippen molar-refractivity contribution in [1.82, 2.24) is 5.32 Å². The van der Waals surface area contributed by atoms with Gasteiger partial charge in [0.05, 0.1) is 4.90 Å². The summed E-state index contributed by atoms with van der Waals surface area (Å²) in [5.41, 5.74) is 0.258. The Balaban J connectivity index is 3.11. The molecule has 0 aliphatic rings. The third kappa shape index (κ3) is 4.08. The van der Waals surface area contributed by atoms with Crippen molar-refractivity contribution in [1.29, 1.82) is 0 Å². The number of carbonyl (C=O) groups excluding carboxylic acids is 1. The van der Waals surface area contributed by atoms with Crippen molar-refractivity contribution in [3.63, 3.8) is 0 Å². The molecule has 7 heteroatoms. The van der Waals surface area contributed by atoms with Crippen molar-refractivity contribution in [2.24, 2.45) is 5.14 Å². The predicted molar refractivity (Wildman–Crippen MR) is 72.7 cm³/mol. The van der Waals surface area contributed by atoms with E-state index in [1.165, 1.54) is 12.1 Å². The quantitative estimate of drug-likeness (QED) is 0.876. The molecule has 1 unspecified atom stereocenters. The third-order valence-corrected chi connectivity index (χ3v) is 3.80. The van der Waals surface area contributed by atoms with E-state index in [2.05, 4.69) is 21.2 Å². The van der Waals surface area contributed by atoms with Gasteiger partial charge in [0.2, 0.25) is 10.0 Å². The number of benzene rings is 1. The van der Waals surface area contributed by atoms with Crippen LogP contribution in [0.2, 0.25) is 0 Å². The predicted octanol–water partition coefficient (Wildman–Crippen LogP) is 1.62. The molecule has 0 bridgehead atoms. The third-order valence-electron chi connectivity index (χ3n) is 2.45. The van der Waals surface area contributed by atoms with E-state index in [1.54, 1.807) is 6.07 Å². The molecule has 1 rings (SSSR count). The van der Waals surface area contributed by atoms with Gasteiger partial charge >= 0.3 is 0 Å². The van der Waals surface area contributed by atoms with Crippen molar-refractivity contribution in [3.05, 3.63) is 28.2 Å². The molecule has 0 aromatic heterocycles. The molecule has 1 aromatic rings. The van der Waals surface area contributed by atoms with Gasteiger partial charge in [0, 0.05) is 16.1 Å². The largest absolute Gasteiger partial charge is 0.350 e. The monoisotopic (exact) mass is 334 g/mol. The van der Waals surface area contributed by atoms with Crippen LogP contribution in [0.5, 0.6) is 0 Å². The first kappa shape index (κ1) is 15.1. The molecule has 3 N–H and O–H groups in total. The maximum absolute atomic E-state index is 11.9. The van der Waals surface area contributed by atoms with Gasteiger partial charge in [-0.1, -0.05) is 22.9 Å². The van der Waals surface area contributed by atoms with Gasteiger partial charge in [0.15, 0.2) is 0 Å². The SMILES string of the molecule is CCC(C)NC(=O)c1cc(Br)cc(S(N)(=O)=O)c1. The summed E-state index contributed by atoms with van der Waals surface area (Å²) < 4.78 is 23.0. The molecule has 5 nitrogen and oxygen atoms in total. The Morgan fingerprint density at radius 3 is 2.56 bits per heavy atom. The van der Waals surface area contributed by atoms with Gasteiger partial charge in [-0.05, 0) is 31.5 Å². The van der Waals surface area contributed by atoms with E-state index < -0.39 is 10.0 Å². The molecule has 1 amide bonds. The Labute approximate surface area is 115 Å². The number of hydrogen-bond donors (Lipinski definition) is 2. The van der Waals surface area contributed by atoms with E-state index in [4.69, 9.17) is 5.14 Å². The van der Waals surface area contributed by atoms with Gasteiger partial charge in [-0.15, -0.1) is 0 Å². The average Bonchev–Trinajstić information content (AvgIpc) is 2.26. The highest BCUT2D eigenvalue weighted by molar-refractivity contribution is 9.10. The van der Waals surface area contributed by atoms with Gasteiger partial charge in [-0.2, -0.15) is 0 Å². The van der Waals surface area contributed by atoms with Crippen LogP contribution in [-0.2, 0) is 10.0 Å². The minimum Gasteiger partial charge on any atom is -0.350 e. The first-order chi connectivity index (χ1) is 8.24. The average molecular weight is 335 g/mol. The summed E-state index contributed by atoms with van der Waals surface area (Å²) in [6.07, 6.45) is 0.793. The number of amides is 1. The summed E-state index contributed by atoms with van der Waals surface area (Å²) in [4.78, 5) is 11.8. The lowest BCUT2D eigenvalue weighted by Gasteiger charge is -2.12. The van der Waals surface area contributed by atoms with Crippen LogP contribution in [0.1, 0.15) is 30.6 Å². The fourth-order valence-electron chi connectivity index (χ4n) is 1.27. The molecule has 0 fully saturated rings. The molecule has 0 aliphatic heterocycles. The normalized spacial score (nSPS) is 13.1. The number of nitrogens with two attached hydrogens (primary N) is 1. The summed E-state index contributed by atoms with van der Waals surface area (Å²) in [7, 11) is -3.83. The van der Waals surface area contributed by atoms with Crippen LogP contribution < -0.4 is 10.5 Å². The van der Waals surface area contributed by atoms with Crippen molar-refractivity contribution in [2.75, 3.05) is 0 Å². The molecule has 1 aromatic carbocycles. The molecule has 100 valence electrons. The highest BCUT2D eigenvalue weighted by atomic mass is 79.9. The number of hydrogen-bond acceptors (Lipinski definition) is 3. The van der Waals surface area contributed by atoms with Crippen molar-refractivity contribution >= 4 is 31.9 Å². The Morgan fingerprint density at radius 2 is 2.06 bits per heavy atom. The molecular formula is C11H15BrN2O3S. The zero-order valence-electron chi connectivity index (χ0n) is 10.1. The molecule has 0 saturated carbocycles. The van der Waals surface area contributed by atoms with Crippen LogP contribution in [0, 0.1) is 0 Å². The second-order valence-corrected chi connectivity index (χ2v) is 6.48. The lowest BCUT2D eigenvalue weighted by Crippen LogP contribution is -2.32. The summed E-state index contributed by atoms with van der Waals surface area (Å²) in [6, 6.07) is 4.19. The number of nitrogens with one attached hydrogen (secondary N) is 1. The highest BCUT2D eigenvalue weighted by Crippen LogP contribution is 2.18. The molecule has 18 heavy (non-hydrogen) atoms. The van der Waals surface area contributed by atoms with Crippen LogP contribution in [0.25, 0.3) is 0 Å². The van der Waals surface area contributed by atoms with Gasteiger partial charge in [0.1, 0.15) is 0 Å². The Bertz CT molecular complexity index is 557. The first-order valence-electron chi connectivity index (χ1n) is 5.38. The topological polar surface area (TPSA) is 89.3 Å². The molecule has 0 spiro atoms. The molecular weight excluding hydrogens is 320 g/mol. The highest BCUT2D eigenvalue weighted by Gasteiger charge is 2.15. The fraction of sp³-hybridized carbons (Fsp3) is 0.364. The fourth-order valence-corrected chi connectivity index (χ4v) is 2.49. The first-order valence-corrected chi connectivity index (χ1v) is 7.72. The summed E-state index contributed by atoms with van der Waals surface area (Å²) in [6.45, 7) is 3.82. The minimum atomic E-state index is -3.83. The maximum Gasteiger partial charge on any atom is 0.251 e. The number of carbonyl (C=O) groups is 1. The number of halogens is 1. The van der Waals surface area contributed by atoms with Gasteiger partial charge in [-0.3, -0.25) is 4.79 Å². The summed E-state index contributed by atoms with van der Waals surface area (Å²) in [5.74, 6) is -0.324. The van der Waals surface area contributed by atoms with E-state index in [9.17, 15) is 13.2 Å². The van der Waals surface area contributed by atoms with E-state index >= 15 is 0 Å². The van der Waals surface area contributed by atoms with E-state index in [0.717, 1.165) is 6.42 Å². The van der Waals surface area contributed by atoms with Crippen LogP contribution >= 0.6 is 15.9 Å². The van der Waals surface area contributed by atoms with E-state index in [-0.39, 0.29) is 22.4 Å². The van der Waals surface area contributed by atoms with Gasteiger partial charge in [0.25, 0.3) is 5.91 Å². The number of rotatable bonds is 4. The minimum absolute atomic E-state index is 0.0226. The second-order valence-electron chi connectivity index (χ2n) is 4.00.